The van der Waals surface area contributed by atoms with Crippen LogP contribution in [0.5, 0.6) is 5.75 Å². The van der Waals surface area contributed by atoms with Crippen LogP contribution in [0.15, 0.2) is 24.3 Å². The van der Waals surface area contributed by atoms with Gasteiger partial charge in [-0.05, 0) is 19.9 Å². The summed E-state index contributed by atoms with van der Waals surface area (Å²) in [6.45, 7) is 4.03. The van der Waals surface area contributed by atoms with Gasteiger partial charge in [-0.3, -0.25) is 0 Å². The Morgan fingerprint density at radius 3 is 2.86 bits per heavy atom. The van der Waals surface area contributed by atoms with Gasteiger partial charge in [0.05, 0.1) is 0 Å². The first-order chi connectivity index (χ1) is 6.62. The van der Waals surface area contributed by atoms with E-state index < -0.39 is 0 Å². The molecule has 0 N–H and O–H groups in total. The molecular weight excluding hydrogens is 176 g/mol. The molecule has 1 aromatic carbocycles. The van der Waals surface area contributed by atoms with Gasteiger partial charge in [-0.15, -0.1) is 0 Å². The summed E-state index contributed by atoms with van der Waals surface area (Å²) in [7, 11) is 0. The van der Waals surface area contributed by atoms with Gasteiger partial charge in [0, 0.05) is 17.9 Å². The van der Waals surface area contributed by atoms with E-state index in [0.29, 0.717) is 0 Å². The summed E-state index contributed by atoms with van der Waals surface area (Å²) < 4.78 is 5.79. The number of carbonyl (C=O) groups excluding carboxylic acids is 1. The molecule has 2 heteroatoms. The third-order valence-electron chi connectivity index (χ3n) is 2.58. The molecule has 1 aromatic rings. The lowest BCUT2D eigenvalue weighted by Gasteiger charge is -2.35. The molecule has 2 rings (SSSR count). The van der Waals surface area contributed by atoms with E-state index in [1.54, 1.807) is 0 Å². The molecule has 2 nitrogen and oxygen atoms in total. The topological polar surface area (TPSA) is 26.3 Å². The number of rotatable bonds is 1. The molecule has 1 unspecified atom stereocenters. The number of para-hydroxylation sites is 1. The summed E-state index contributed by atoms with van der Waals surface area (Å²) in [4.78, 5) is 11.0. The largest absolute Gasteiger partial charge is 0.488 e. The summed E-state index contributed by atoms with van der Waals surface area (Å²) >= 11 is 0. The summed E-state index contributed by atoms with van der Waals surface area (Å²) in [6, 6.07) is 7.76. The first-order valence-electron chi connectivity index (χ1n) is 4.86. The highest BCUT2D eigenvalue weighted by Crippen LogP contribution is 2.39. The number of hydrogen-bond donors (Lipinski definition) is 0. The van der Waals surface area contributed by atoms with E-state index in [2.05, 4.69) is 0 Å². The van der Waals surface area contributed by atoms with Crippen molar-refractivity contribution in [3.05, 3.63) is 29.8 Å². The van der Waals surface area contributed by atoms with Crippen molar-refractivity contribution in [1.82, 2.24) is 0 Å². The van der Waals surface area contributed by atoms with Crippen LogP contribution in [0.3, 0.4) is 0 Å². The fraction of sp³-hybridized carbons (Fsp3) is 0.417. The van der Waals surface area contributed by atoms with Gasteiger partial charge in [0.2, 0.25) is 0 Å². The van der Waals surface area contributed by atoms with Crippen molar-refractivity contribution < 1.29 is 9.53 Å². The molecular formula is C12H14O2. The molecule has 0 radical (unpaired) electrons. The van der Waals surface area contributed by atoms with Crippen LogP contribution in [0.25, 0.3) is 0 Å². The fourth-order valence-corrected chi connectivity index (χ4v) is 1.98. The van der Waals surface area contributed by atoms with Crippen molar-refractivity contribution in [2.24, 2.45) is 0 Å². The molecule has 0 aliphatic carbocycles. The number of fused-ring (bicyclic) bond motifs is 1. The standard InChI is InChI=1S/C12H14O2/c1-12(2)7-9(8-13)10-5-3-4-6-11(10)14-12/h3-6,8-9H,7H2,1-2H3. The van der Waals surface area contributed by atoms with Gasteiger partial charge < -0.3 is 9.53 Å². The Labute approximate surface area is 83.9 Å². The smallest absolute Gasteiger partial charge is 0.127 e. The minimum atomic E-state index is -0.236. The van der Waals surface area contributed by atoms with Crippen molar-refractivity contribution in [3.8, 4) is 5.75 Å². The second-order valence-corrected chi connectivity index (χ2v) is 4.35. The average Bonchev–Trinajstić information content (AvgIpc) is 2.15. The molecule has 0 fully saturated rings. The normalized spacial score (nSPS) is 23.4. The van der Waals surface area contributed by atoms with Gasteiger partial charge in [0.25, 0.3) is 0 Å². The highest BCUT2D eigenvalue weighted by molar-refractivity contribution is 5.65. The first-order valence-corrected chi connectivity index (χ1v) is 4.86. The highest BCUT2D eigenvalue weighted by Gasteiger charge is 2.32. The van der Waals surface area contributed by atoms with E-state index in [0.717, 1.165) is 24.0 Å². The van der Waals surface area contributed by atoms with Crippen LogP contribution >= 0.6 is 0 Å². The number of hydrogen-bond acceptors (Lipinski definition) is 2. The van der Waals surface area contributed by atoms with Crippen LogP contribution in [-0.4, -0.2) is 11.9 Å². The molecule has 1 aliphatic heterocycles. The lowest BCUT2D eigenvalue weighted by atomic mass is 9.85. The quantitative estimate of drug-likeness (QED) is 0.636. The number of benzene rings is 1. The van der Waals surface area contributed by atoms with Crippen molar-refractivity contribution in [3.63, 3.8) is 0 Å². The van der Waals surface area contributed by atoms with E-state index >= 15 is 0 Å². The van der Waals surface area contributed by atoms with Crippen molar-refractivity contribution >= 4 is 6.29 Å². The zero-order valence-electron chi connectivity index (χ0n) is 8.49. The summed E-state index contributed by atoms with van der Waals surface area (Å²) in [5.74, 6) is 0.829. The second kappa shape index (κ2) is 3.12. The summed E-state index contributed by atoms with van der Waals surface area (Å²) in [6.07, 6.45) is 1.77. The zero-order chi connectivity index (χ0) is 10.2. The van der Waals surface area contributed by atoms with E-state index in [4.69, 9.17) is 4.74 Å². The van der Waals surface area contributed by atoms with Crippen molar-refractivity contribution in [2.75, 3.05) is 0 Å². The van der Waals surface area contributed by atoms with Crippen molar-refractivity contribution in [1.29, 1.82) is 0 Å². The third kappa shape index (κ3) is 1.52. The summed E-state index contributed by atoms with van der Waals surface area (Å²) in [5, 5.41) is 0. The first kappa shape index (κ1) is 9.25. The van der Waals surface area contributed by atoms with E-state index in [1.165, 1.54) is 0 Å². The van der Waals surface area contributed by atoms with Crippen LogP contribution in [0, 0.1) is 0 Å². The van der Waals surface area contributed by atoms with Gasteiger partial charge in [0.1, 0.15) is 17.6 Å². The minimum absolute atomic E-state index is 0.0186. The number of carbonyl (C=O) groups is 1. The summed E-state index contributed by atoms with van der Waals surface area (Å²) in [5.41, 5.74) is 0.779. The Balaban J connectivity index is 2.46. The van der Waals surface area contributed by atoms with Gasteiger partial charge in [0.15, 0.2) is 0 Å². The number of aldehydes is 1. The van der Waals surface area contributed by atoms with E-state index in [9.17, 15) is 4.79 Å². The molecule has 0 saturated heterocycles. The Hall–Kier alpha value is -1.31. The highest BCUT2D eigenvalue weighted by atomic mass is 16.5. The molecule has 0 amide bonds. The van der Waals surface area contributed by atoms with Gasteiger partial charge in [-0.1, -0.05) is 18.2 Å². The Bertz CT molecular complexity index is 355. The monoisotopic (exact) mass is 190 g/mol. The molecule has 0 bridgehead atoms. The predicted octanol–water partition coefficient (Wildman–Crippen LogP) is 2.53. The molecule has 1 aliphatic rings. The molecule has 14 heavy (non-hydrogen) atoms. The van der Waals surface area contributed by atoms with Crippen LogP contribution in [0.4, 0.5) is 0 Å². The zero-order valence-corrected chi connectivity index (χ0v) is 8.49. The maximum absolute atomic E-state index is 11.0. The molecule has 74 valence electrons. The van der Waals surface area contributed by atoms with Gasteiger partial charge in [-0.25, -0.2) is 0 Å². The van der Waals surface area contributed by atoms with Crippen LogP contribution in [-0.2, 0) is 4.79 Å². The predicted molar refractivity (Wildman–Crippen MR) is 54.6 cm³/mol. The molecule has 0 saturated carbocycles. The lowest BCUT2D eigenvalue weighted by molar-refractivity contribution is -0.110. The second-order valence-electron chi connectivity index (χ2n) is 4.35. The Kier molecular flexibility index (Phi) is 2.06. The van der Waals surface area contributed by atoms with E-state index in [1.807, 2.05) is 38.1 Å². The van der Waals surface area contributed by atoms with Gasteiger partial charge >= 0.3 is 0 Å². The molecule has 1 heterocycles. The van der Waals surface area contributed by atoms with Crippen LogP contribution in [0.2, 0.25) is 0 Å². The van der Waals surface area contributed by atoms with Crippen molar-refractivity contribution in [2.45, 2.75) is 31.8 Å². The molecule has 0 aromatic heterocycles. The van der Waals surface area contributed by atoms with Crippen LogP contribution in [0.1, 0.15) is 31.7 Å². The molecule has 0 spiro atoms. The third-order valence-corrected chi connectivity index (χ3v) is 2.58. The Morgan fingerprint density at radius 2 is 2.14 bits per heavy atom. The molecule has 1 atom stereocenters. The maximum atomic E-state index is 11.0. The lowest BCUT2D eigenvalue weighted by Crippen LogP contribution is -2.35. The number of ether oxygens (including phenoxy) is 1. The maximum Gasteiger partial charge on any atom is 0.127 e. The minimum Gasteiger partial charge on any atom is -0.488 e. The van der Waals surface area contributed by atoms with E-state index in [-0.39, 0.29) is 11.5 Å². The fourth-order valence-electron chi connectivity index (χ4n) is 1.98. The van der Waals surface area contributed by atoms with Gasteiger partial charge in [-0.2, -0.15) is 0 Å². The SMILES string of the molecule is CC1(C)CC(C=O)c2ccccc2O1. The van der Waals surface area contributed by atoms with Crippen LogP contribution < -0.4 is 4.74 Å². The Morgan fingerprint density at radius 1 is 1.43 bits per heavy atom. The average molecular weight is 190 g/mol.